The van der Waals surface area contributed by atoms with Crippen molar-refractivity contribution < 1.29 is 9.53 Å². The van der Waals surface area contributed by atoms with Gasteiger partial charge in [-0.3, -0.25) is 4.79 Å². The zero-order chi connectivity index (χ0) is 13.5. The predicted molar refractivity (Wildman–Crippen MR) is 77.6 cm³/mol. The lowest BCUT2D eigenvalue weighted by atomic mass is 10.0. The van der Waals surface area contributed by atoms with Gasteiger partial charge in [-0.25, -0.2) is 0 Å². The minimum Gasteiger partial charge on any atom is -0.385 e. The molecule has 2 rings (SSSR count). The van der Waals surface area contributed by atoms with E-state index >= 15 is 0 Å². The Labute approximate surface area is 114 Å². The summed E-state index contributed by atoms with van der Waals surface area (Å²) in [6.45, 7) is 4.27. The molecule has 0 bridgehead atoms. The van der Waals surface area contributed by atoms with Crippen molar-refractivity contribution in [2.24, 2.45) is 0 Å². The van der Waals surface area contributed by atoms with Gasteiger partial charge in [0.2, 0.25) is 5.91 Å². The quantitative estimate of drug-likeness (QED) is 0.775. The van der Waals surface area contributed by atoms with Crippen LogP contribution in [-0.2, 0) is 16.0 Å². The van der Waals surface area contributed by atoms with E-state index in [-0.39, 0.29) is 5.91 Å². The van der Waals surface area contributed by atoms with Crippen molar-refractivity contribution in [2.45, 2.75) is 32.6 Å². The van der Waals surface area contributed by atoms with Crippen LogP contribution in [0.3, 0.4) is 0 Å². The number of anilines is 2. The molecule has 0 radical (unpaired) electrons. The molecule has 1 aliphatic rings. The Balaban J connectivity index is 1.83. The number of nitrogens with one attached hydrogen (secondary N) is 2. The fourth-order valence-corrected chi connectivity index (χ4v) is 2.17. The molecule has 1 aliphatic heterocycles. The topological polar surface area (TPSA) is 50.4 Å². The van der Waals surface area contributed by atoms with Gasteiger partial charge >= 0.3 is 0 Å². The van der Waals surface area contributed by atoms with Crippen LogP contribution in [0.15, 0.2) is 18.2 Å². The van der Waals surface area contributed by atoms with Crippen molar-refractivity contribution in [1.82, 2.24) is 0 Å². The van der Waals surface area contributed by atoms with Gasteiger partial charge in [0.1, 0.15) is 0 Å². The maximum absolute atomic E-state index is 11.7. The molecule has 19 heavy (non-hydrogen) atoms. The maximum atomic E-state index is 11.7. The first-order valence-electron chi connectivity index (χ1n) is 7.04. The second-order valence-electron chi connectivity index (χ2n) is 4.81. The zero-order valence-electron chi connectivity index (χ0n) is 11.5. The Kier molecular flexibility index (Phi) is 5.21. The Morgan fingerprint density at radius 3 is 3.16 bits per heavy atom. The van der Waals surface area contributed by atoms with Crippen LogP contribution in [0.5, 0.6) is 0 Å². The first-order chi connectivity index (χ1) is 9.29. The van der Waals surface area contributed by atoms with Crippen LogP contribution >= 0.6 is 0 Å². The van der Waals surface area contributed by atoms with E-state index in [0.29, 0.717) is 13.0 Å². The average molecular weight is 262 g/mol. The number of ether oxygens (including phenoxy) is 1. The van der Waals surface area contributed by atoms with Crippen LogP contribution in [0.4, 0.5) is 11.4 Å². The third kappa shape index (κ3) is 4.24. The van der Waals surface area contributed by atoms with E-state index < -0.39 is 0 Å². The third-order valence-corrected chi connectivity index (χ3v) is 3.15. The van der Waals surface area contributed by atoms with Crippen LogP contribution in [-0.4, -0.2) is 25.7 Å². The molecule has 0 saturated carbocycles. The molecule has 1 aromatic rings. The summed E-state index contributed by atoms with van der Waals surface area (Å²) in [6, 6.07) is 6.07. The van der Waals surface area contributed by atoms with E-state index in [2.05, 4.69) is 23.6 Å². The summed E-state index contributed by atoms with van der Waals surface area (Å²) < 4.78 is 5.31. The summed E-state index contributed by atoms with van der Waals surface area (Å²) in [6.07, 6.45) is 3.68. The number of amides is 1. The number of aryl methyl sites for hydroxylation is 1. The van der Waals surface area contributed by atoms with Crippen LogP contribution in [0.1, 0.15) is 31.7 Å². The fraction of sp³-hybridized carbons (Fsp3) is 0.533. The lowest BCUT2D eigenvalue weighted by molar-refractivity contribution is -0.117. The van der Waals surface area contributed by atoms with E-state index in [1.54, 1.807) is 0 Å². The van der Waals surface area contributed by atoms with E-state index in [9.17, 15) is 4.79 Å². The highest BCUT2D eigenvalue weighted by atomic mass is 16.5. The molecule has 1 heterocycles. The minimum absolute atomic E-state index is 0.00635. The number of fused-ring (bicyclic) bond motifs is 1. The summed E-state index contributed by atoms with van der Waals surface area (Å²) in [7, 11) is 0. The summed E-state index contributed by atoms with van der Waals surface area (Å²) in [5.41, 5.74) is 3.33. The summed E-state index contributed by atoms with van der Waals surface area (Å²) in [4.78, 5) is 11.7. The number of hydrogen-bond acceptors (Lipinski definition) is 3. The molecule has 0 atom stereocenters. The largest absolute Gasteiger partial charge is 0.385 e. The van der Waals surface area contributed by atoms with Gasteiger partial charge in [0.05, 0.1) is 13.0 Å². The fourth-order valence-electron chi connectivity index (χ4n) is 2.17. The molecule has 4 heteroatoms. The molecule has 1 aromatic carbocycles. The van der Waals surface area contributed by atoms with Crippen molar-refractivity contribution >= 4 is 17.3 Å². The normalized spacial score (nSPS) is 13.5. The second-order valence-corrected chi connectivity index (χ2v) is 4.81. The molecule has 4 nitrogen and oxygen atoms in total. The third-order valence-electron chi connectivity index (χ3n) is 3.15. The van der Waals surface area contributed by atoms with Gasteiger partial charge in [0.15, 0.2) is 0 Å². The van der Waals surface area contributed by atoms with Gasteiger partial charge in [-0.2, -0.15) is 0 Å². The van der Waals surface area contributed by atoms with E-state index in [1.165, 1.54) is 12.0 Å². The van der Waals surface area contributed by atoms with Gasteiger partial charge in [-0.1, -0.05) is 13.0 Å². The van der Waals surface area contributed by atoms with E-state index in [4.69, 9.17) is 4.74 Å². The smallest absolute Gasteiger partial charge is 0.226 e. The van der Waals surface area contributed by atoms with Crippen molar-refractivity contribution in [2.75, 3.05) is 30.4 Å². The Hall–Kier alpha value is -1.55. The number of benzene rings is 1. The number of hydrogen-bond donors (Lipinski definition) is 2. The van der Waals surface area contributed by atoms with Crippen LogP contribution in [0, 0.1) is 0 Å². The molecule has 104 valence electrons. The molecule has 0 spiro atoms. The van der Waals surface area contributed by atoms with Gasteiger partial charge in [-0.05, 0) is 37.0 Å². The molecule has 0 unspecified atom stereocenters. The molecular formula is C15H22N2O2. The Morgan fingerprint density at radius 2 is 2.32 bits per heavy atom. The first-order valence-corrected chi connectivity index (χ1v) is 7.04. The zero-order valence-corrected chi connectivity index (χ0v) is 11.5. The molecule has 0 aromatic heterocycles. The summed E-state index contributed by atoms with van der Waals surface area (Å²) in [5.74, 6) is 0.00635. The SMILES string of the molecule is CCCOCCC(=O)Nc1ccc2c(c1)NCCC2. The summed E-state index contributed by atoms with van der Waals surface area (Å²) >= 11 is 0. The molecule has 0 aliphatic carbocycles. The molecule has 0 fully saturated rings. The molecule has 2 N–H and O–H groups in total. The maximum Gasteiger partial charge on any atom is 0.226 e. The summed E-state index contributed by atoms with van der Waals surface area (Å²) in [5, 5.41) is 6.27. The minimum atomic E-state index is 0.00635. The highest BCUT2D eigenvalue weighted by Gasteiger charge is 2.09. The van der Waals surface area contributed by atoms with Crippen LogP contribution in [0.25, 0.3) is 0 Å². The van der Waals surface area contributed by atoms with Crippen molar-refractivity contribution in [3.05, 3.63) is 23.8 Å². The monoisotopic (exact) mass is 262 g/mol. The van der Waals surface area contributed by atoms with Gasteiger partial charge in [-0.15, -0.1) is 0 Å². The Bertz CT molecular complexity index is 432. The standard InChI is InChI=1S/C15H22N2O2/c1-2-9-19-10-7-15(18)17-13-6-5-12-4-3-8-16-14(12)11-13/h5-6,11,16H,2-4,7-10H2,1H3,(H,17,18). The lowest BCUT2D eigenvalue weighted by Gasteiger charge is -2.18. The lowest BCUT2D eigenvalue weighted by Crippen LogP contribution is -2.16. The Morgan fingerprint density at radius 1 is 1.42 bits per heavy atom. The predicted octanol–water partition coefficient (Wildman–Crippen LogP) is 2.80. The molecular weight excluding hydrogens is 240 g/mol. The van der Waals surface area contributed by atoms with E-state index in [1.807, 2.05) is 12.1 Å². The number of carbonyl (C=O) groups is 1. The first kappa shape index (κ1) is 13.9. The van der Waals surface area contributed by atoms with E-state index in [0.717, 1.165) is 37.4 Å². The van der Waals surface area contributed by atoms with Crippen molar-refractivity contribution in [1.29, 1.82) is 0 Å². The van der Waals surface area contributed by atoms with Gasteiger partial charge in [0.25, 0.3) is 0 Å². The van der Waals surface area contributed by atoms with Crippen LogP contribution in [0.2, 0.25) is 0 Å². The van der Waals surface area contributed by atoms with Crippen molar-refractivity contribution in [3.8, 4) is 0 Å². The van der Waals surface area contributed by atoms with Gasteiger partial charge in [0, 0.05) is 24.5 Å². The number of carbonyl (C=O) groups excluding carboxylic acids is 1. The van der Waals surface area contributed by atoms with Crippen LogP contribution < -0.4 is 10.6 Å². The average Bonchev–Trinajstić information content (AvgIpc) is 2.43. The number of rotatable bonds is 6. The second kappa shape index (κ2) is 7.14. The van der Waals surface area contributed by atoms with Crippen molar-refractivity contribution in [3.63, 3.8) is 0 Å². The van der Waals surface area contributed by atoms with Gasteiger partial charge < -0.3 is 15.4 Å². The highest BCUT2D eigenvalue weighted by molar-refractivity contribution is 5.91. The molecule has 0 saturated heterocycles. The highest BCUT2D eigenvalue weighted by Crippen LogP contribution is 2.25. The molecule has 1 amide bonds.